The Morgan fingerprint density at radius 3 is 2.26 bits per heavy atom. The molecule has 3 aromatic carbocycles. The van der Waals surface area contributed by atoms with E-state index in [9.17, 15) is 18.0 Å². The summed E-state index contributed by atoms with van der Waals surface area (Å²) in [4.78, 5) is 29.3. The van der Waals surface area contributed by atoms with E-state index in [1.54, 1.807) is 35.2 Å². The second-order valence-electron chi connectivity index (χ2n) is 10.5. The van der Waals surface area contributed by atoms with Crippen molar-refractivity contribution in [2.24, 2.45) is 0 Å². The summed E-state index contributed by atoms with van der Waals surface area (Å²) in [7, 11) is -3.67. The normalized spacial score (nSPS) is 12.7. The van der Waals surface area contributed by atoms with Gasteiger partial charge in [0.05, 0.1) is 18.6 Å². The molecule has 0 aromatic heterocycles. The number of hydrogen-bond donors (Lipinski definition) is 1. The summed E-state index contributed by atoms with van der Waals surface area (Å²) in [5.41, 5.74) is 2.05. The Morgan fingerprint density at radius 2 is 1.60 bits per heavy atom. The van der Waals surface area contributed by atoms with E-state index in [2.05, 4.69) is 5.32 Å². The average Bonchev–Trinajstić information content (AvgIpc) is 2.98. The molecule has 0 aliphatic heterocycles. The summed E-state index contributed by atoms with van der Waals surface area (Å²) in [6.45, 7) is 6.32. The molecule has 0 bridgehead atoms. The zero-order valence-corrected chi connectivity index (χ0v) is 26.9. The molecule has 0 aliphatic rings. The number of sulfonamides is 1. The molecule has 43 heavy (non-hydrogen) atoms. The van der Waals surface area contributed by atoms with Gasteiger partial charge in [0.2, 0.25) is 21.8 Å². The van der Waals surface area contributed by atoms with Crippen LogP contribution in [-0.2, 0) is 32.6 Å². The second-order valence-corrected chi connectivity index (χ2v) is 12.8. The van der Waals surface area contributed by atoms with Gasteiger partial charge in [0.15, 0.2) is 0 Å². The SMILES string of the molecule is CCOc1ccccc1N(CCCC(=O)N(Cc1ccccc1Cl)[C@H](Cc1ccccc1)C(=O)N[C@@H](C)CC)S(C)(=O)=O. The number of anilines is 1. The summed E-state index contributed by atoms with van der Waals surface area (Å²) in [6, 6.07) is 22.9. The third kappa shape index (κ3) is 10.0. The van der Waals surface area contributed by atoms with Crippen LogP contribution in [0.15, 0.2) is 78.9 Å². The number of nitrogens with zero attached hydrogens (tertiary/aromatic N) is 2. The number of hydrogen-bond acceptors (Lipinski definition) is 5. The van der Waals surface area contributed by atoms with Crippen molar-refractivity contribution < 1.29 is 22.7 Å². The van der Waals surface area contributed by atoms with Gasteiger partial charge in [0.25, 0.3) is 0 Å². The molecule has 3 aromatic rings. The summed E-state index contributed by atoms with van der Waals surface area (Å²) in [6.07, 6.45) is 2.45. The monoisotopic (exact) mass is 627 g/mol. The van der Waals surface area contributed by atoms with Gasteiger partial charge >= 0.3 is 0 Å². The predicted octanol–water partition coefficient (Wildman–Crippen LogP) is 5.84. The minimum absolute atomic E-state index is 0.0230. The van der Waals surface area contributed by atoms with Crippen molar-refractivity contribution in [2.75, 3.05) is 23.7 Å². The van der Waals surface area contributed by atoms with Gasteiger partial charge in [-0.15, -0.1) is 0 Å². The molecule has 10 heteroatoms. The lowest BCUT2D eigenvalue weighted by atomic mass is 10.0. The fraction of sp³-hybridized carbons (Fsp3) is 0.394. The maximum Gasteiger partial charge on any atom is 0.243 e. The van der Waals surface area contributed by atoms with Crippen molar-refractivity contribution in [3.05, 3.63) is 95.0 Å². The van der Waals surface area contributed by atoms with E-state index in [0.717, 1.165) is 23.8 Å². The van der Waals surface area contributed by atoms with E-state index in [0.29, 0.717) is 29.5 Å². The Kier molecular flexibility index (Phi) is 12.9. The van der Waals surface area contributed by atoms with Crippen LogP contribution in [0.5, 0.6) is 5.75 Å². The van der Waals surface area contributed by atoms with Crippen LogP contribution in [0.2, 0.25) is 5.02 Å². The molecule has 0 radical (unpaired) electrons. The zero-order valence-electron chi connectivity index (χ0n) is 25.3. The average molecular weight is 628 g/mol. The summed E-state index contributed by atoms with van der Waals surface area (Å²) in [5.74, 6) is -0.0690. The van der Waals surface area contributed by atoms with Crippen LogP contribution in [-0.4, -0.2) is 56.6 Å². The van der Waals surface area contributed by atoms with Crippen LogP contribution < -0.4 is 14.4 Å². The number of rotatable bonds is 16. The molecule has 0 spiro atoms. The van der Waals surface area contributed by atoms with E-state index in [1.807, 2.05) is 69.3 Å². The molecule has 3 rings (SSSR count). The maximum atomic E-state index is 14.0. The smallest absolute Gasteiger partial charge is 0.243 e. The first kappa shape index (κ1) is 33.9. The van der Waals surface area contributed by atoms with Gasteiger partial charge < -0.3 is 15.0 Å². The van der Waals surface area contributed by atoms with E-state index in [1.165, 1.54) is 4.31 Å². The molecule has 8 nitrogen and oxygen atoms in total. The molecule has 2 amide bonds. The molecule has 2 atom stereocenters. The van der Waals surface area contributed by atoms with Gasteiger partial charge in [-0.3, -0.25) is 13.9 Å². The lowest BCUT2D eigenvalue weighted by Crippen LogP contribution is -2.52. The van der Waals surface area contributed by atoms with Crippen LogP contribution in [0.1, 0.15) is 51.2 Å². The first-order chi connectivity index (χ1) is 20.5. The molecule has 0 unspecified atom stereocenters. The van der Waals surface area contributed by atoms with Gasteiger partial charge in [-0.05, 0) is 56.0 Å². The molecule has 232 valence electrons. The van der Waals surface area contributed by atoms with Gasteiger partial charge in [0, 0.05) is 37.0 Å². The van der Waals surface area contributed by atoms with Crippen LogP contribution in [0, 0.1) is 0 Å². The van der Waals surface area contributed by atoms with Crippen molar-refractivity contribution in [2.45, 2.75) is 65.1 Å². The molecule has 0 heterocycles. The van der Waals surface area contributed by atoms with Crippen molar-refractivity contribution in [3.63, 3.8) is 0 Å². The minimum atomic E-state index is -3.67. The van der Waals surface area contributed by atoms with E-state index in [-0.39, 0.29) is 43.8 Å². The largest absolute Gasteiger partial charge is 0.492 e. The molecule has 0 saturated heterocycles. The Bertz CT molecular complexity index is 1450. The highest BCUT2D eigenvalue weighted by molar-refractivity contribution is 7.92. The number of ether oxygens (including phenoxy) is 1. The predicted molar refractivity (Wildman–Crippen MR) is 173 cm³/mol. The Hall–Kier alpha value is -3.56. The van der Waals surface area contributed by atoms with Crippen LogP contribution in [0.3, 0.4) is 0 Å². The van der Waals surface area contributed by atoms with Crippen molar-refractivity contribution in [3.8, 4) is 5.75 Å². The number of carbonyl (C=O) groups excluding carboxylic acids is 2. The summed E-state index contributed by atoms with van der Waals surface area (Å²) in [5, 5.41) is 3.55. The Balaban J connectivity index is 1.91. The number of carbonyl (C=O) groups is 2. The lowest BCUT2D eigenvalue weighted by molar-refractivity contribution is -0.141. The number of amides is 2. The topological polar surface area (TPSA) is 96.0 Å². The Morgan fingerprint density at radius 1 is 0.953 bits per heavy atom. The highest BCUT2D eigenvalue weighted by Gasteiger charge is 2.31. The molecular formula is C33H42ClN3O5S. The van der Waals surface area contributed by atoms with Crippen molar-refractivity contribution >= 4 is 39.1 Å². The van der Waals surface area contributed by atoms with Crippen molar-refractivity contribution in [1.29, 1.82) is 0 Å². The van der Waals surface area contributed by atoms with Crippen LogP contribution in [0.4, 0.5) is 5.69 Å². The highest BCUT2D eigenvalue weighted by Crippen LogP contribution is 2.30. The van der Waals surface area contributed by atoms with Gasteiger partial charge in [0.1, 0.15) is 11.8 Å². The fourth-order valence-corrected chi connectivity index (χ4v) is 5.89. The number of nitrogens with one attached hydrogen (secondary N) is 1. The first-order valence-electron chi connectivity index (χ1n) is 14.6. The van der Waals surface area contributed by atoms with Gasteiger partial charge in [-0.1, -0.05) is 79.2 Å². The fourth-order valence-electron chi connectivity index (χ4n) is 4.73. The molecule has 0 fully saturated rings. The molecule has 0 aliphatic carbocycles. The lowest BCUT2D eigenvalue weighted by Gasteiger charge is -2.33. The number of para-hydroxylation sites is 2. The standard InChI is InChI=1S/C33H42ClN3O5S/c1-5-25(3)35-33(39)30(23-26-15-8-7-9-16-26)36(24-27-17-10-11-18-28(27)34)32(38)21-14-22-37(43(4,40)41)29-19-12-13-20-31(29)42-6-2/h7-13,15-20,25,30H,5-6,14,21-24H2,1-4H3,(H,35,39)/t25-,30+/m0/s1. The first-order valence-corrected chi connectivity index (χ1v) is 16.8. The number of halogens is 1. The highest BCUT2D eigenvalue weighted by atomic mass is 35.5. The zero-order chi connectivity index (χ0) is 31.4. The van der Waals surface area contributed by atoms with Crippen LogP contribution in [0.25, 0.3) is 0 Å². The minimum Gasteiger partial charge on any atom is -0.492 e. The third-order valence-electron chi connectivity index (χ3n) is 7.16. The summed E-state index contributed by atoms with van der Waals surface area (Å²) < 4.78 is 32.6. The van der Waals surface area contributed by atoms with Gasteiger partial charge in [-0.25, -0.2) is 8.42 Å². The molecule has 0 saturated carbocycles. The van der Waals surface area contributed by atoms with Gasteiger partial charge in [-0.2, -0.15) is 0 Å². The van der Waals surface area contributed by atoms with E-state index >= 15 is 0 Å². The Labute approximate surface area is 261 Å². The maximum absolute atomic E-state index is 14.0. The summed E-state index contributed by atoms with van der Waals surface area (Å²) >= 11 is 6.50. The molecule has 1 N–H and O–H groups in total. The third-order valence-corrected chi connectivity index (χ3v) is 8.71. The van der Waals surface area contributed by atoms with Crippen LogP contribution >= 0.6 is 11.6 Å². The molecular weight excluding hydrogens is 586 g/mol. The second kappa shape index (κ2) is 16.3. The number of benzene rings is 3. The van der Waals surface area contributed by atoms with E-state index < -0.39 is 16.1 Å². The van der Waals surface area contributed by atoms with Crippen molar-refractivity contribution in [1.82, 2.24) is 10.2 Å². The van der Waals surface area contributed by atoms with E-state index in [4.69, 9.17) is 16.3 Å². The quantitative estimate of drug-likeness (QED) is 0.215.